The van der Waals surface area contributed by atoms with Crippen molar-refractivity contribution in [1.29, 1.82) is 0 Å². The predicted molar refractivity (Wildman–Crippen MR) is 75.5 cm³/mol. The van der Waals surface area contributed by atoms with E-state index in [4.69, 9.17) is 0 Å². The van der Waals surface area contributed by atoms with Gasteiger partial charge in [0, 0.05) is 45.5 Å². The normalized spacial score (nSPS) is 16.9. The number of nitrogens with zero attached hydrogens (tertiary/aromatic N) is 4. The Hall–Kier alpha value is -1.66. The maximum Gasteiger partial charge on any atom is 0.243 e. The van der Waals surface area contributed by atoms with E-state index in [9.17, 15) is 0 Å². The molecule has 0 aliphatic carbocycles. The number of pyridine rings is 1. The Balaban J connectivity index is 1.56. The second-order valence-corrected chi connectivity index (χ2v) is 4.96. The molecule has 0 saturated carbocycles. The van der Waals surface area contributed by atoms with Gasteiger partial charge in [-0.15, -0.1) is 5.10 Å². The number of piperazine rings is 1. The summed E-state index contributed by atoms with van der Waals surface area (Å²) in [6.45, 7) is 8.41. The quantitative estimate of drug-likeness (QED) is 0.831. The molecule has 0 radical (unpaired) electrons. The lowest BCUT2D eigenvalue weighted by molar-refractivity contribution is 0.249. The summed E-state index contributed by atoms with van der Waals surface area (Å²) >= 11 is 0. The highest BCUT2D eigenvalue weighted by Gasteiger charge is 2.09. The largest absolute Gasteiger partial charge is 0.352 e. The highest BCUT2D eigenvalue weighted by atomic mass is 15.3. The second kappa shape index (κ2) is 5.54. The molecule has 0 atom stereocenters. The van der Waals surface area contributed by atoms with Crippen LogP contribution in [0.2, 0.25) is 0 Å². The molecule has 0 unspecified atom stereocenters. The van der Waals surface area contributed by atoms with Gasteiger partial charge >= 0.3 is 0 Å². The Morgan fingerprint density at radius 3 is 3.05 bits per heavy atom. The maximum absolute atomic E-state index is 4.47. The molecule has 102 valence electrons. The third-order valence-corrected chi connectivity index (χ3v) is 3.41. The summed E-state index contributed by atoms with van der Waals surface area (Å²) in [4.78, 5) is 6.91. The molecule has 1 aliphatic heterocycles. The minimum absolute atomic E-state index is 0.709. The van der Waals surface area contributed by atoms with Crippen molar-refractivity contribution in [2.45, 2.75) is 6.92 Å². The van der Waals surface area contributed by atoms with E-state index in [-0.39, 0.29) is 0 Å². The first kappa shape index (κ1) is 12.4. The van der Waals surface area contributed by atoms with Crippen molar-refractivity contribution >= 4 is 11.6 Å². The minimum Gasteiger partial charge on any atom is -0.352 e. The first-order valence-electron chi connectivity index (χ1n) is 6.81. The van der Waals surface area contributed by atoms with Gasteiger partial charge in [-0.25, -0.2) is 4.52 Å². The van der Waals surface area contributed by atoms with Crippen LogP contribution in [0.3, 0.4) is 0 Å². The third kappa shape index (κ3) is 3.02. The van der Waals surface area contributed by atoms with Crippen LogP contribution in [0, 0.1) is 6.92 Å². The Labute approximate surface area is 112 Å². The first-order valence-corrected chi connectivity index (χ1v) is 6.81. The minimum atomic E-state index is 0.709. The number of aryl methyl sites for hydroxylation is 1. The van der Waals surface area contributed by atoms with Crippen LogP contribution in [0.4, 0.5) is 5.95 Å². The molecular weight excluding hydrogens is 240 g/mol. The summed E-state index contributed by atoms with van der Waals surface area (Å²) in [6.07, 6.45) is 1.94. The van der Waals surface area contributed by atoms with E-state index in [0.29, 0.717) is 5.95 Å². The van der Waals surface area contributed by atoms with Gasteiger partial charge in [-0.05, 0) is 24.6 Å². The van der Waals surface area contributed by atoms with Crippen molar-refractivity contribution in [3.05, 3.63) is 23.9 Å². The monoisotopic (exact) mass is 260 g/mol. The van der Waals surface area contributed by atoms with Gasteiger partial charge in [-0.2, -0.15) is 4.98 Å². The van der Waals surface area contributed by atoms with Crippen molar-refractivity contribution in [2.24, 2.45) is 0 Å². The molecule has 19 heavy (non-hydrogen) atoms. The van der Waals surface area contributed by atoms with Crippen LogP contribution in [0.1, 0.15) is 5.56 Å². The third-order valence-electron chi connectivity index (χ3n) is 3.41. The van der Waals surface area contributed by atoms with E-state index in [1.807, 2.05) is 18.3 Å². The van der Waals surface area contributed by atoms with Crippen molar-refractivity contribution in [2.75, 3.05) is 44.6 Å². The Bertz CT molecular complexity index is 543. The van der Waals surface area contributed by atoms with Crippen LogP contribution >= 0.6 is 0 Å². The fourth-order valence-corrected chi connectivity index (χ4v) is 2.32. The lowest BCUT2D eigenvalue weighted by atomic mass is 10.3. The van der Waals surface area contributed by atoms with E-state index in [1.165, 1.54) is 5.56 Å². The molecule has 3 rings (SSSR count). The van der Waals surface area contributed by atoms with Gasteiger partial charge in [0.1, 0.15) is 0 Å². The molecule has 1 saturated heterocycles. The topological polar surface area (TPSA) is 57.5 Å². The highest BCUT2D eigenvalue weighted by molar-refractivity contribution is 5.45. The summed E-state index contributed by atoms with van der Waals surface area (Å²) < 4.78 is 1.81. The lowest BCUT2D eigenvalue weighted by Gasteiger charge is -2.26. The van der Waals surface area contributed by atoms with Gasteiger partial charge in [0.25, 0.3) is 0 Å². The standard InChI is InChI=1S/C13H20N6/c1-11-2-6-19-12(10-11)16-13(17-19)15-5-9-18-7-3-14-4-8-18/h2,6,10,14H,3-5,7-9H2,1H3,(H,15,17). The van der Waals surface area contributed by atoms with Crippen molar-refractivity contribution in [3.8, 4) is 0 Å². The molecule has 2 N–H and O–H groups in total. The van der Waals surface area contributed by atoms with Gasteiger partial charge < -0.3 is 10.6 Å². The zero-order valence-corrected chi connectivity index (χ0v) is 11.3. The van der Waals surface area contributed by atoms with E-state index in [0.717, 1.165) is 44.9 Å². The number of aromatic nitrogens is 3. The zero-order chi connectivity index (χ0) is 13.1. The van der Waals surface area contributed by atoms with Crippen molar-refractivity contribution in [1.82, 2.24) is 24.8 Å². The van der Waals surface area contributed by atoms with Crippen molar-refractivity contribution < 1.29 is 0 Å². The number of anilines is 1. The average molecular weight is 260 g/mol. The molecule has 1 aliphatic rings. The molecule has 1 fully saturated rings. The maximum atomic E-state index is 4.47. The van der Waals surface area contributed by atoms with Gasteiger partial charge in [-0.1, -0.05) is 0 Å². The lowest BCUT2D eigenvalue weighted by Crippen LogP contribution is -2.45. The highest BCUT2D eigenvalue weighted by Crippen LogP contribution is 2.07. The second-order valence-electron chi connectivity index (χ2n) is 4.96. The summed E-state index contributed by atoms with van der Waals surface area (Å²) in [6, 6.07) is 4.07. The Kier molecular flexibility index (Phi) is 3.61. The number of hydrogen-bond acceptors (Lipinski definition) is 5. The van der Waals surface area contributed by atoms with Crippen LogP contribution in [-0.2, 0) is 0 Å². The summed E-state index contributed by atoms with van der Waals surface area (Å²) in [5.41, 5.74) is 2.09. The molecule has 0 aromatic carbocycles. The van der Waals surface area contributed by atoms with Crippen LogP contribution in [-0.4, -0.2) is 58.8 Å². The molecule has 6 nitrogen and oxygen atoms in total. The van der Waals surface area contributed by atoms with Gasteiger partial charge in [0.05, 0.1) is 0 Å². The zero-order valence-electron chi connectivity index (χ0n) is 11.3. The first-order chi connectivity index (χ1) is 9.31. The van der Waals surface area contributed by atoms with Crippen LogP contribution < -0.4 is 10.6 Å². The molecule has 3 heterocycles. The van der Waals surface area contributed by atoms with Gasteiger partial charge in [0.15, 0.2) is 5.65 Å². The van der Waals surface area contributed by atoms with Crippen LogP contribution in [0.15, 0.2) is 18.3 Å². The smallest absolute Gasteiger partial charge is 0.243 e. The SMILES string of the molecule is Cc1ccn2nc(NCCN3CCNCC3)nc2c1. The summed E-state index contributed by atoms with van der Waals surface area (Å²) in [7, 11) is 0. The van der Waals surface area contributed by atoms with Crippen molar-refractivity contribution in [3.63, 3.8) is 0 Å². The molecular formula is C13H20N6. The fraction of sp³-hybridized carbons (Fsp3) is 0.538. The predicted octanol–water partition coefficient (Wildman–Crippen LogP) is 0.355. The van der Waals surface area contributed by atoms with Crippen LogP contribution in [0.25, 0.3) is 5.65 Å². The molecule has 0 amide bonds. The fourth-order valence-electron chi connectivity index (χ4n) is 2.32. The average Bonchev–Trinajstić information content (AvgIpc) is 2.82. The van der Waals surface area contributed by atoms with Gasteiger partial charge in [0.2, 0.25) is 5.95 Å². The Morgan fingerprint density at radius 2 is 2.21 bits per heavy atom. The van der Waals surface area contributed by atoms with Crippen LogP contribution in [0.5, 0.6) is 0 Å². The number of nitrogens with one attached hydrogen (secondary N) is 2. The number of rotatable bonds is 4. The van der Waals surface area contributed by atoms with E-state index >= 15 is 0 Å². The van der Waals surface area contributed by atoms with E-state index in [2.05, 4.69) is 32.5 Å². The van der Waals surface area contributed by atoms with E-state index < -0.39 is 0 Å². The van der Waals surface area contributed by atoms with Gasteiger partial charge in [-0.3, -0.25) is 4.90 Å². The van der Waals surface area contributed by atoms with E-state index in [1.54, 1.807) is 4.52 Å². The number of hydrogen-bond donors (Lipinski definition) is 2. The Morgan fingerprint density at radius 1 is 1.37 bits per heavy atom. The summed E-state index contributed by atoms with van der Waals surface area (Å²) in [5.74, 6) is 0.709. The molecule has 0 bridgehead atoms. The molecule has 0 spiro atoms. The number of fused-ring (bicyclic) bond motifs is 1. The molecule has 2 aromatic heterocycles. The molecule has 2 aromatic rings. The molecule has 6 heteroatoms. The summed E-state index contributed by atoms with van der Waals surface area (Å²) in [5, 5.41) is 11.1.